The third-order valence-electron chi connectivity index (χ3n) is 6.47. The van der Waals surface area contributed by atoms with Crippen LogP contribution in [0.2, 0.25) is 0 Å². The topological polar surface area (TPSA) is 82.5 Å². The second kappa shape index (κ2) is 10.1. The zero-order valence-corrected chi connectivity index (χ0v) is 20.0. The lowest BCUT2D eigenvalue weighted by Crippen LogP contribution is -2.53. The third-order valence-corrected chi connectivity index (χ3v) is 6.47. The Balaban J connectivity index is 1.76. The molecule has 0 spiro atoms. The van der Waals surface area contributed by atoms with Crippen molar-refractivity contribution in [2.75, 3.05) is 40.3 Å². The fourth-order valence-corrected chi connectivity index (χ4v) is 4.60. The number of nitrogens with one attached hydrogen (secondary N) is 2. The Kier molecular flexibility index (Phi) is 7.75. The van der Waals surface area contributed by atoms with Crippen LogP contribution in [0.3, 0.4) is 0 Å². The lowest BCUT2D eigenvalue weighted by molar-refractivity contribution is -0.124. The van der Waals surface area contributed by atoms with Gasteiger partial charge in [-0.15, -0.1) is 0 Å². The van der Waals surface area contributed by atoms with Gasteiger partial charge in [0.25, 0.3) is 5.91 Å². The highest BCUT2D eigenvalue weighted by Gasteiger charge is 2.34. The first-order chi connectivity index (χ1) is 14.7. The van der Waals surface area contributed by atoms with Crippen LogP contribution in [-0.2, 0) is 24.3 Å². The number of amides is 2. The number of piperidine rings is 1. The van der Waals surface area contributed by atoms with Gasteiger partial charge in [0, 0.05) is 33.1 Å². The molecule has 1 saturated heterocycles. The second-order valence-corrected chi connectivity index (χ2v) is 10.1. The van der Waals surface area contributed by atoms with Gasteiger partial charge in [0.1, 0.15) is 11.9 Å². The first-order valence-corrected chi connectivity index (χ1v) is 11.7. The summed E-state index contributed by atoms with van der Waals surface area (Å²) in [6.45, 7) is 11.8. The molecule has 8 nitrogen and oxygen atoms in total. The first-order valence-electron chi connectivity index (χ1n) is 11.7. The van der Waals surface area contributed by atoms with Crippen LogP contribution in [0.15, 0.2) is 0 Å². The molecule has 3 heterocycles. The summed E-state index contributed by atoms with van der Waals surface area (Å²) in [5.74, 6) is 0.551. The summed E-state index contributed by atoms with van der Waals surface area (Å²) in [5.41, 5.74) is 1.03. The average Bonchev–Trinajstić information content (AvgIpc) is 3.09. The van der Waals surface area contributed by atoms with Crippen molar-refractivity contribution in [2.45, 2.75) is 72.0 Å². The van der Waals surface area contributed by atoms with Crippen molar-refractivity contribution >= 4 is 11.8 Å². The number of likely N-dealkylation sites (tertiary alicyclic amines) is 1. The van der Waals surface area contributed by atoms with Gasteiger partial charge in [-0.05, 0) is 51.4 Å². The van der Waals surface area contributed by atoms with Crippen molar-refractivity contribution in [1.29, 1.82) is 0 Å². The Morgan fingerprint density at radius 3 is 2.45 bits per heavy atom. The predicted molar refractivity (Wildman–Crippen MR) is 122 cm³/mol. The molecular formula is C23H40N6O2. The fourth-order valence-electron chi connectivity index (χ4n) is 4.60. The number of carbonyl (C=O) groups excluding carboxylic acids is 2. The van der Waals surface area contributed by atoms with Gasteiger partial charge in [0.05, 0.1) is 5.69 Å². The molecule has 2 N–H and O–H groups in total. The van der Waals surface area contributed by atoms with Crippen LogP contribution in [0.4, 0.5) is 0 Å². The van der Waals surface area contributed by atoms with Gasteiger partial charge in [-0.25, -0.2) is 4.98 Å². The minimum absolute atomic E-state index is 0.187. The van der Waals surface area contributed by atoms with E-state index in [1.165, 1.54) is 32.4 Å². The summed E-state index contributed by atoms with van der Waals surface area (Å²) in [7, 11) is 3.66. The average molecular weight is 433 g/mol. The van der Waals surface area contributed by atoms with Crippen molar-refractivity contribution in [1.82, 2.24) is 30.0 Å². The summed E-state index contributed by atoms with van der Waals surface area (Å²) in [5, 5.41) is 5.63. The van der Waals surface area contributed by atoms with Gasteiger partial charge in [-0.2, -0.15) is 0 Å². The van der Waals surface area contributed by atoms with Crippen molar-refractivity contribution in [3.63, 3.8) is 0 Å². The van der Waals surface area contributed by atoms with Crippen molar-refractivity contribution < 1.29 is 9.59 Å². The van der Waals surface area contributed by atoms with Crippen LogP contribution in [-0.4, -0.2) is 77.5 Å². The lowest BCUT2D eigenvalue weighted by atomic mass is 9.86. The van der Waals surface area contributed by atoms with Crippen LogP contribution < -0.4 is 10.6 Å². The number of imidazole rings is 1. The number of carbonyl (C=O) groups is 2. The largest absolute Gasteiger partial charge is 0.357 e. The number of nitrogens with zero attached hydrogens (tertiary/aromatic N) is 4. The molecule has 0 unspecified atom stereocenters. The van der Waals surface area contributed by atoms with Crippen LogP contribution in [0, 0.1) is 5.41 Å². The van der Waals surface area contributed by atoms with Crippen LogP contribution in [0.1, 0.15) is 68.5 Å². The molecule has 1 aromatic rings. The molecule has 31 heavy (non-hydrogen) atoms. The molecule has 2 aliphatic heterocycles. The van der Waals surface area contributed by atoms with Crippen molar-refractivity contribution in [3.8, 4) is 0 Å². The van der Waals surface area contributed by atoms with E-state index in [9.17, 15) is 9.59 Å². The number of hydrogen-bond donors (Lipinski definition) is 2. The van der Waals surface area contributed by atoms with Gasteiger partial charge >= 0.3 is 0 Å². The molecule has 2 amide bonds. The number of fused-ring (bicyclic) bond motifs is 1. The minimum atomic E-state index is -0.619. The quantitative estimate of drug-likeness (QED) is 0.685. The number of aryl methyl sites for hydroxylation is 1. The van der Waals surface area contributed by atoms with Crippen LogP contribution in [0.5, 0.6) is 0 Å². The molecule has 0 saturated carbocycles. The number of hydrogen-bond acceptors (Lipinski definition) is 5. The summed E-state index contributed by atoms with van der Waals surface area (Å²) in [6.07, 6.45) is 5.88. The van der Waals surface area contributed by atoms with Crippen molar-refractivity contribution in [2.24, 2.45) is 5.41 Å². The van der Waals surface area contributed by atoms with Gasteiger partial charge < -0.3 is 20.1 Å². The standard InChI is InChI=1S/C23H40N6O2/c1-23(2,3)20(22(31)24-4)26-21(30)19-17-16-27(5)14-15-29(17)18(25-19)10-9-13-28-11-7-6-8-12-28/h20H,6-16H2,1-5H3,(H,24,31)(H,26,30)/t20-/m1/s1. The molecule has 174 valence electrons. The Labute approximate surface area is 186 Å². The Morgan fingerprint density at radius 1 is 1.10 bits per heavy atom. The molecule has 8 heteroatoms. The maximum atomic E-state index is 13.2. The SMILES string of the molecule is CNC(=O)[C@@H](NC(=O)c1nc(CCCN2CCCCC2)n2c1CN(C)CC2)C(C)(C)C. The zero-order chi connectivity index (χ0) is 22.6. The molecule has 0 radical (unpaired) electrons. The lowest BCUT2D eigenvalue weighted by Gasteiger charge is -2.30. The highest BCUT2D eigenvalue weighted by Crippen LogP contribution is 2.23. The molecule has 1 atom stereocenters. The van der Waals surface area contributed by atoms with Crippen LogP contribution in [0.25, 0.3) is 0 Å². The molecule has 0 aliphatic carbocycles. The maximum absolute atomic E-state index is 13.2. The van der Waals surface area contributed by atoms with Gasteiger partial charge in [-0.1, -0.05) is 27.2 Å². The van der Waals surface area contributed by atoms with E-state index in [1.54, 1.807) is 7.05 Å². The predicted octanol–water partition coefficient (Wildman–Crippen LogP) is 1.64. The monoisotopic (exact) mass is 432 g/mol. The molecule has 0 bridgehead atoms. The molecule has 1 fully saturated rings. The molecule has 0 aromatic carbocycles. The smallest absolute Gasteiger partial charge is 0.272 e. The van der Waals surface area contributed by atoms with E-state index >= 15 is 0 Å². The number of likely N-dealkylation sites (N-methyl/N-ethyl adjacent to an activating group) is 2. The number of rotatable bonds is 7. The van der Waals surface area contributed by atoms with Crippen LogP contribution >= 0.6 is 0 Å². The normalized spacial score (nSPS) is 19.0. The summed E-state index contributed by atoms with van der Waals surface area (Å²) < 4.78 is 2.23. The minimum Gasteiger partial charge on any atom is -0.357 e. The van der Waals surface area contributed by atoms with E-state index in [0.717, 1.165) is 44.0 Å². The highest BCUT2D eigenvalue weighted by molar-refractivity contribution is 5.97. The van der Waals surface area contributed by atoms with E-state index in [-0.39, 0.29) is 11.8 Å². The molecular weight excluding hydrogens is 392 g/mol. The fraction of sp³-hybridized carbons (Fsp3) is 0.783. The number of aromatic nitrogens is 2. The Hall–Kier alpha value is -1.93. The molecule has 3 rings (SSSR count). The van der Waals surface area contributed by atoms with E-state index in [2.05, 4.69) is 32.0 Å². The van der Waals surface area contributed by atoms with E-state index < -0.39 is 11.5 Å². The van der Waals surface area contributed by atoms with Crippen molar-refractivity contribution in [3.05, 3.63) is 17.2 Å². The summed E-state index contributed by atoms with van der Waals surface area (Å²) in [4.78, 5) is 35.2. The zero-order valence-electron chi connectivity index (χ0n) is 20.0. The highest BCUT2D eigenvalue weighted by atomic mass is 16.2. The van der Waals surface area contributed by atoms with Gasteiger partial charge in [-0.3, -0.25) is 14.5 Å². The Bertz CT molecular complexity index is 776. The molecule has 1 aromatic heterocycles. The second-order valence-electron chi connectivity index (χ2n) is 10.1. The third kappa shape index (κ3) is 5.86. The van der Waals surface area contributed by atoms with Gasteiger partial charge in [0.2, 0.25) is 5.91 Å². The summed E-state index contributed by atoms with van der Waals surface area (Å²) in [6, 6.07) is -0.619. The van der Waals surface area contributed by atoms with E-state index in [0.29, 0.717) is 12.2 Å². The first kappa shape index (κ1) is 23.7. The summed E-state index contributed by atoms with van der Waals surface area (Å²) >= 11 is 0. The molecule has 2 aliphatic rings. The van der Waals surface area contributed by atoms with E-state index in [4.69, 9.17) is 4.98 Å². The Morgan fingerprint density at radius 2 is 1.81 bits per heavy atom. The van der Waals surface area contributed by atoms with Gasteiger partial charge in [0.15, 0.2) is 5.69 Å². The van der Waals surface area contributed by atoms with E-state index in [1.807, 2.05) is 20.8 Å². The maximum Gasteiger partial charge on any atom is 0.272 e.